The molecule has 1 fully saturated rings. The van der Waals surface area contributed by atoms with Crippen LogP contribution in [0.1, 0.15) is 18.4 Å². The van der Waals surface area contributed by atoms with Gasteiger partial charge in [0.1, 0.15) is 0 Å². The van der Waals surface area contributed by atoms with Crippen LogP contribution in [0.5, 0.6) is 0 Å². The first-order valence-corrected chi connectivity index (χ1v) is 7.52. The lowest BCUT2D eigenvalue weighted by Crippen LogP contribution is -2.46. The van der Waals surface area contributed by atoms with Gasteiger partial charge in [-0.1, -0.05) is 17.7 Å². The van der Waals surface area contributed by atoms with Gasteiger partial charge in [-0.05, 0) is 30.2 Å². The minimum Gasteiger partial charge on any atom is -0.344 e. The molecule has 1 amide bonds. The van der Waals surface area contributed by atoms with Gasteiger partial charge in [0, 0.05) is 49.2 Å². The van der Waals surface area contributed by atoms with Crippen LogP contribution in [0.25, 0.3) is 10.9 Å². The zero-order chi connectivity index (χ0) is 14.8. The molecule has 1 aliphatic rings. The molecule has 0 aliphatic carbocycles. The summed E-state index contributed by atoms with van der Waals surface area (Å²) in [6.07, 6.45) is 3.30. The van der Waals surface area contributed by atoms with Crippen LogP contribution in [0, 0.1) is 0 Å². The van der Waals surface area contributed by atoms with Crippen molar-refractivity contribution in [3.63, 3.8) is 0 Å². The zero-order valence-electron chi connectivity index (χ0n) is 12.0. The number of nitrogens with zero attached hydrogens (tertiary/aromatic N) is 2. The number of amides is 1. The summed E-state index contributed by atoms with van der Waals surface area (Å²) in [7, 11) is 1.85. The van der Waals surface area contributed by atoms with Gasteiger partial charge >= 0.3 is 0 Å². The molecule has 0 unspecified atom stereocenters. The van der Waals surface area contributed by atoms with Gasteiger partial charge in [-0.25, -0.2) is 0 Å². The molecule has 5 heteroatoms. The van der Waals surface area contributed by atoms with E-state index in [4.69, 9.17) is 11.6 Å². The molecular formula is C16H18ClN3O. The predicted octanol–water partition coefficient (Wildman–Crippen LogP) is 2.60. The number of benzene rings is 1. The Balaban J connectivity index is 1.75. The molecule has 4 nitrogen and oxygen atoms in total. The zero-order valence-corrected chi connectivity index (χ0v) is 12.7. The van der Waals surface area contributed by atoms with Crippen molar-refractivity contribution in [2.45, 2.75) is 25.4 Å². The van der Waals surface area contributed by atoms with E-state index in [1.807, 2.05) is 31.3 Å². The molecule has 1 saturated heterocycles. The number of halogens is 1. The van der Waals surface area contributed by atoms with E-state index in [9.17, 15) is 4.79 Å². The second-order valence-electron chi connectivity index (χ2n) is 5.53. The number of hydrogen-bond acceptors (Lipinski definition) is 3. The fraction of sp³-hybridized carbons (Fsp3) is 0.375. The maximum Gasteiger partial charge on any atom is 0.222 e. The third-order valence-corrected chi connectivity index (χ3v) is 4.17. The molecule has 0 radical (unpaired) electrons. The number of fused-ring (bicyclic) bond motifs is 1. The van der Waals surface area contributed by atoms with Crippen molar-refractivity contribution < 1.29 is 4.79 Å². The van der Waals surface area contributed by atoms with Crippen LogP contribution < -0.4 is 5.32 Å². The quantitative estimate of drug-likeness (QED) is 0.948. The average Bonchev–Trinajstić information content (AvgIpc) is 2.48. The number of hydrogen-bond donors (Lipinski definition) is 1. The Hall–Kier alpha value is -1.65. The topological polar surface area (TPSA) is 45.2 Å². The molecule has 0 saturated carbocycles. The molecule has 1 aromatic carbocycles. The predicted molar refractivity (Wildman–Crippen MR) is 84.3 cm³/mol. The molecule has 1 atom stereocenters. The lowest BCUT2D eigenvalue weighted by atomic mass is 10.0. The van der Waals surface area contributed by atoms with Crippen LogP contribution in [-0.4, -0.2) is 35.4 Å². The number of pyridine rings is 1. The molecule has 2 heterocycles. The number of likely N-dealkylation sites (N-methyl/N-ethyl adjacent to an activating group) is 1. The lowest BCUT2D eigenvalue weighted by Gasteiger charge is -2.30. The van der Waals surface area contributed by atoms with Crippen LogP contribution >= 0.6 is 11.6 Å². The molecule has 21 heavy (non-hydrogen) atoms. The van der Waals surface area contributed by atoms with Gasteiger partial charge in [0.15, 0.2) is 0 Å². The molecule has 2 aromatic rings. The van der Waals surface area contributed by atoms with E-state index in [1.165, 1.54) is 0 Å². The van der Waals surface area contributed by atoms with Gasteiger partial charge in [-0.15, -0.1) is 0 Å². The molecule has 1 N–H and O–H groups in total. The molecule has 110 valence electrons. The van der Waals surface area contributed by atoms with Crippen molar-refractivity contribution in [3.8, 4) is 0 Å². The SMILES string of the molecule is CN1C[C@@H](NCc2cc(Cl)cc3cccnc23)CCC1=O. The van der Waals surface area contributed by atoms with E-state index in [2.05, 4.69) is 10.3 Å². The largest absolute Gasteiger partial charge is 0.344 e. The maximum absolute atomic E-state index is 11.5. The highest BCUT2D eigenvalue weighted by Gasteiger charge is 2.22. The smallest absolute Gasteiger partial charge is 0.222 e. The van der Waals surface area contributed by atoms with Gasteiger partial charge in [0.05, 0.1) is 5.52 Å². The van der Waals surface area contributed by atoms with Crippen LogP contribution in [-0.2, 0) is 11.3 Å². The highest BCUT2D eigenvalue weighted by atomic mass is 35.5. The Kier molecular flexibility index (Phi) is 4.08. The third-order valence-electron chi connectivity index (χ3n) is 3.96. The van der Waals surface area contributed by atoms with Gasteiger partial charge in [0.2, 0.25) is 5.91 Å². The number of piperidine rings is 1. The van der Waals surface area contributed by atoms with Crippen LogP contribution in [0.3, 0.4) is 0 Å². The van der Waals surface area contributed by atoms with E-state index < -0.39 is 0 Å². The summed E-state index contributed by atoms with van der Waals surface area (Å²) in [5.41, 5.74) is 2.08. The van der Waals surface area contributed by atoms with Crippen molar-refractivity contribution in [2.75, 3.05) is 13.6 Å². The second kappa shape index (κ2) is 6.00. The van der Waals surface area contributed by atoms with Crippen molar-refractivity contribution >= 4 is 28.4 Å². The molecular weight excluding hydrogens is 286 g/mol. The standard InChI is InChI=1S/C16H18ClN3O/c1-20-10-14(4-5-15(20)21)19-9-12-8-13(17)7-11-3-2-6-18-16(11)12/h2-3,6-8,14,19H,4-5,9-10H2,1H3/t14-/m0/s1. The number of carbonyl (C=O) groups is 1. The summed E-state index contributed by atoms with van der Waals surface area (Å²) in [4.78, 5) is 17.7. The monoisotopic (exact) mass is 303 g/mol. The Morgan fingerprint density at radius 1 is 1.48 bits per heavy atom. The summed E-state index contributed by atoms with van der Waals surface area (Å²) < 4.78 is 0. The van der Waals surface area contributed by atoms with Crippen LogP contribution in [0.4, 0.5) is 0 Å². The molecule has 0 bridgehead atoms. The molecule has 3 rings (SSSR count). The Labute approximate surface area is 129 Å². The minimum absolute atomic E-state index is 0.225. The van der Waals surface area contributed by atoms with Gasteiger partial charge in [-0.2, -0.15) is 0 Å². The third kappa shape index (κ3) is 3.17. The maximum atomic E-state index is 11.5. The lowest BCUT2D eigenvalue weighted by molar-refractivity contribution is -0.132. The Bertz CT molecular complexity index is 674. The number of carbonyl (C=O) groups excluding carboxylic acids is 1. The normalized spacial score (nSPS) is 19.2. The van der Waals surface area contributed by atoms with E-state index >= 15 is 0 Å². The summed E-state index contributed by atoms with van der Waals surface area (Å²) in [6, 6.07) is 8.15. The highest BCUT2D eigenvalue weighted by molar-refractivity contribution is 6.31. The first kappa shape index (κ1) is 14.3. The van der Waals surface area contributed by atoms with Crippen LogP contribution in [0.2, 0.25) is 5.02 Å². The Morgan fingerprint density at radius 2 is 2.33 bits per heavy atom. The molecule has 1 aromatic heterocycles. The van der Waals surface area contributed by atoms with Crippen LogP contribution in [0.15, 0.2) is 30.5 Å². The van der Waals surface area contributed by atoms with Crippen molar-refractivity contribution in [2.24, 2.45) is 0 Å². The highest BCUT2D eigenvalue weighted by Crippen LogP contribution is 2.22. The molecule has 1 aliphatic heterocycles. The first-order chi connectivity index (χ1) is 10.1. The van der Waals surface area contributed by atoms with E-state index in [0.717, 1.165) is 34.5 Å². The van der Waals surface area contributed by atoms with Crippen molar-refractivity contribution in [1.29, 1.82) is 0 Å². The summed E-state index contributed by atoms with van der Waals surface area (Å²) in [5, 5.41) is 5.29. The minimum atomic E-state index is 0.225. The number of likely N-dealkylation sites (tertiary alicyclic amines) is 1. The first-order valence-electron chi connectivity index (χ1n) is 7.14. The van der Waals surface area contributed by atoms with Gasteiger partial charge in [0.25, 0.3) is 0 Å². The van der Waals surface area contributed by atoms with E-state index in [1.54, 1.807) is 11.1 Å². The van der Waals surface area contributed by atoms with Crippen molar-refractivity contribution in [3.05, 3.63) is 41.0 Å². The molecule has 0 spiro atoms. The van der Waals surface area contributed by atoms with E-state index in [0.29, 0.717) is 19.0 Å². The fourth-order valence-corrected chi connectivity index (χ4v) is 3.04. The number of rotatable bonds is 3. The van der Waals surface area contributed by atoms with Gasteiger partial charge < -0.3 is 10.2 Å². The van der Waals surface area contributed by atoms with Gasteiger partial charge in [-0.3, -0.25) is 9.78 Å². The average molecular weight is 304 g/mol. The summed E-state index contributed by atoms with van der Waals surface area (Å²) in [6.45, 7) is 1.46. The number of aromatic nitrogens is 1. The van der Waals surface area contributed by atoms with E-state index in [-0.39, 0.29) is 5.91 Å². The second-order valence-corrected chi connectivity index (χ2v) is 5.97. The Morgan fingerprint density at radius 3 is 3.14 bits per heavy atom. The number of nitrogens with one attached hydrogen (secondary N) is 1. The van der Waals surface area contributed by atoms with Crippen molar-refractivity contribution in [1.82, 2.24) is 15.2 Å². The summed E-state index contributed by atoms with van der Waals surface area (Å²) >= 11 is 6.18. The fourth-order valence-electron chi connectivity index (χ4n) is 2.80. The summed E-state index contributed by atoms with van der Waals surface area (Å²) in [5.74, 6) is 0.225.